The monoisotopic (exact) mass is 412 g/mol. The van der Waals surface area contributed by atoms with Crippen molar-refractivity contribution in [2.24, 2.45) is 0 Å². The maximum absolute atomic E-state index is 12.7. The first-order valence-corrected chi connectivity index (χ1v) is 9.59. The van der Waals surface area contributed by atoms with Crippen molar-refractivity contribution in [3.8, 4) is 11.5 Å². The number of alkyl halides is 3. The van der Waals surface area contributed by atoms with Gasteiger partial charge >= 0.3 is 12.2 Å². The predicted octanol–water partition coefficient (Wildman–Crippen LogP) is 5.17. The molecule has 3 rings (SSSR count). The second-order valence-electron chi connectivity index (χ2n) is 6.09. The van der Waals surface area contributed by atoms with Crippen LogP contribution in [-0.4, -0.2) is 23.2 Å². The molecule has 0 fully saturated rings. The van der Waals surface area contributed by atoms with Crippen molar-refractivity contribution in [1.82, 2.24) is 10.4 Å². The van der Waals surface area contributed by atoms with Crippen molar-refractivity contribution < 1.29 is 27.0 Å². The molecule has 0 radical (unpaired) electrons. The molecule has 0 aliphatic carbocycles. The Balaban J connectivity index is 1.69. The summed E-state index contributed by atoms with van der Waals surface area (Å²) in [6, 6.07) is 9.73. The molecule has 0 saturated carbocycles. The van der Waals surface area contributed by atoms with Crippen molar-refractivity contribution in [1.29, 1.82) is 0 Å². The Morgan fingerprint density at radius 1 is 1.21 bits per heavy atom. The molecule has 0 unspecified atom stereocenters. The van der Waals surface area contributed by atoms with Crippen LogP contribution in [0, 0.1) is 0 Å². The fourth-order valence-corrected chi connectivity index (χ4v) is 3.12. The van der Waals surface area contributed by atoms with E-state index in [2.05, 4.69) is 5.48 Å². The highest BCUT2D eigenvalue weighted by Gasteiger charge is 2.30. The van der Waals surface area contributed by atoms with Gasteiger partial charge in [-0.3, -0.25) is 0 Å². The minimum Gasteiger partial charge on any atom is -0.457 e. The summed E-state index contributed by atoms with van der Waals surface area (Å²) in [5.74, 6) is 1.62. The molecule has 0 bridgehead atoms. The maximum atomic E-state index is 12.7. The van der Waals surface area contributed by atoms with E-state index in [0.29, 0.717) is 36.8 Å². The molecule has 2 amide bonds. The molecule has 28 heavy (non-hydrogen) atoms. The van der Waals surface area contributed by atoms with Crippen LogP contribution in [0.15, 0.2) is 42.5 Å². The van der Waals surface area contributed by atoms with Gasteiger partial charge in [0.1, 0.15) is 11.5 Å². The van der Waals surface area contributed by atoms with E-state index >= 15 is 0 Å². The number of ether oxygens (including phenoxy) is 1. The number of urea groups is 1. The molecular formula is C19H19F3N2O3S. The van der Waals surface area contributed by atoms with E-state index in [-0.39, 0.29) is 6.03 Å². The van der Waals surface area contributed by atoms with Crippen LogP contribution in [0.4, 0.5) is 18.0 Å². The quantitative estimate of drug-likeness (QED) is 0.418. The zero-order valence-corrected chi connectivity index (χ0v) is 15.9. The Bertz CT molecular complexity index is 828. The highest BCUT2D eigenvalue weighted by atomic mass is 32.2. The zero-order chi connectivity index (χ0) is 20.1. The minimum atomic E-state index is -4.38. The lowest BCUT2D eigenvalue weighted by Gasteiger charge is -2.29. The van der Waals surface area contributed by atoms with Gasteiger partial charge in [-0.1, -0.05) is 19.1 Å². The molecule has 1 aliphatic heterocycles. The summed E-state index contributed by atoms with van der Waals surface area (Å²) in [6.45, 7) is 2.78. The first-order chi connectivity index (χ1) is 13.4. The number of benzene rings is 2. The Labute approximate surface area is 165 Å². The van der Waals surface area contributed by atoms with E-state index in [1.165, 1.54) is 12.1 Å². The molecule has 5 nitrogen and oxygen atoms in total. The van der Waals surface area contributed by atoms with Crippen LogP contribution < -0.4 is 10.2 Å². The average Bonchev–Trinajstić information content (AvgIpc) is 2.67. The number of hydroxylamine groups is 1. The lowest BCUT2D eigenvalue weighted by molar-refractivity contribution is -0.137. The molecule has 1 N–H and O–H groups in total. The third kappa shape index (κ3) is 4.90. The van der Waals surface area contributed by atoms with Crippen molar-refractivity contribution in [2.75, 3.05) is 12.3 Å². The van der Waals surface area contributed by atoms with Gasteiger partial charge < -0.3 is 9.64 Å². The van der Waals surface area contributed by atoms with Gasteiger partial charge in [0.25, 0.3) is 0 Å². The number of amides is 2. The lowest BCUT2D eigenvalue weighted by Crippen LogP contribution is -2.42. The highest BCUT2D eigenvalue weighted by molar-refractivity contribution is 7.94. The third-order valence-corrected chi connectivity index (χ3v) is 4.66. The number of carbonyl (C=O) groups is 1. The summed E-state index contributed by atoms with van der Waals surface area (Å²) < 4.78 is 48.8. The van der Waals surface area contributed by atoms with Crippen LogP contribution >= 0.6 is 12.0 Å². The van der Waals surface area contributed by atoms with Gasteiger partial charge in [-0.25, -0.2) is 14.6 Å². The number of hydrogen-bond acceptors (Lipinski definition) is 4. The highest BCUT2D eigenvalue weighted by Crippen LogP contribution is 2.34. The number of nitrogens with zero attached hydrogens (tertiary/aromatic N) is 1. The van der Waals surface area contributed by atoms with E-state index in [1.807, 2.05) is 13.0 Å². The second-order valence-corrected chi connectivity index (χ2v) is 7.07. The minimum absolute atomic E-state index is 0.319. The molecule has 2 aromatic carbocycles. The Hall–Kier alpha value is -2.39. The van der Waals surface area contributed by atoms with E-state index in [4.69, 9.17) is 9.02 Å². The van der Waals surface area contributed by atoms with Gasteiger partial charge in [0, 0.05) is 36.4 Å². The number of halogens is 3. The molecule has 1 aliphatic rings. The first-order valence-electron chi connectivity index (χ1n) is 8.67. The van der Waals surface area contributed by atoms with Gasteiger partial charge in [0.15, 0.2) is 0 Å². The van der Waals surface area contributed by atoms with E-state index in [1.54, 1.807) is 17.0 Å². The average molecular weight is 412 g/mol. The molecule has 0 atom stereocenters. The topological polar surface area (TPSA) is 50.8 Å². The molecule has 0 spiro atoms. The van der Waals surface area contributed by atoms with Crippen LogP contribution in [0.2, 0.25) is 0 Å². The van der Waals surface area contributed by atoms with Gasteiger partial charge in [-0.2, -0.15) is 13.2 Å². The number of fused-ring (bicyclic) bond motifs is 1. The van der Waals surface area contributed by atoms with Crippen LogP contribution in [0.25, 0.3) is 0 Å². The lowest BCUT2D eigenvalue weighted by atomic mass is 9.99. The summed E-state index contributed by atoms with van der Waals surface area (Å²) >= 11 is 1.14. The summed E-state index contributed by atoms with van der Waals surface area (Å²) in [5, 5.41) is 0. The number of hydrogen-bond donors (Lipinski definition) is 1. The smallest absolute Gasteiger partial charge is 0.416 e. The molecular weight excluding hydrogens is 393 g/mol. The Morgan fingerprint density at radius 3 is 2.64 bits per heavy atom. The normalized spacial score (nSPS) is 13.8. The summed E-state index contributed by atoms with van der Waals surface area (Å²) in [7, 11) is 0. The van der Waals surface area contributed by atoms with Crippen LogP contribution in [0.1, 0.15) is 23.6 Å². The van der Waals surface area contributed by atoms with Crippen molar-refractivity contribution in [3.63, 3.8) is 0 Å². The molecule has 2 aromatic rings. The van der Waals surface area contributed by atoms with E-state index in [9.17, 15) is 18.0 Å². The van der Waals surface area contributed by atoms with Crippen molar-refractivity contribution >= 4 is 18.1 Å². The summed E-state index contributed by atoms with van der Waals surface area (Å²) in [6.07, 6.45) is -3.81. The number of rotatable bonds is 5. The Morgan fingerprint density at radius 2 is 1.96 bits per heavy atom. The van der Waals surface area contributed by atoms with Gasteiger partial charge in [0.2, 0.25) is 0 Å². The largest absolute Gasteiger partial charge is 0.457 e. The molecule has 9 heteroatoms. The Kier molecular flexibility index (Phi) is 6.35. The SMILES string of the molecule is CCSONC(=O)N1CCc2c(cccc2Oc2ccc(C(F)(F)F)cc2)C1. The number of carbonyl (C=O) groups excluding carboxylic acids is 1. The molecule has 150 valence electrons. The molecule has 0 aromatic heterocycles. The first kappa shape index (κ1) is 20.3. The van der Waals surface area contributed by atoms with Gasteiger partial charge in [-0.05, 0) is 42.3 Å². The van der Waals surface area contributed by atoms with Gasteiger partial charge in [-0.15, -0.1) is 0 Å². The van der Waals surface area contributed by atoms with E-state index < -0.39 is 11.7 Å². The van der Waals surface area contributed by atoms with Crippen molar-refractivity contribution in [2.45, 2.75) is 26.1 Å². The third-order valence-electron chi connectivity index (χ3n) is 4.23. The van der Waals surface area contributed by atoms with Crippen LogP contribution in [-0.2, 0) is 23.4 Å². The zero-order valence-electron chi connectivity index (χ0n) is 15.1. The molecule has 0 saturated heterocycles. The fraction of sp³-hybridized carbons (Fsp3) is 0.316. The number of nitrogens with one attached hydrogen (secondary N) is 1. The van der Waals surface area contributed by atoms with E-state index in [0.717, 1.165) is 35.3 Å². The van der Waals surface area contributed by atoms with Crippen molar-refractivity contribution in [3.05, 3.63) is 59.2 Å². The molecule has 1 heterocycles. The van der Waals surface area contributed by atoms with Gasteiger partial charge in [0.05, 0.1) is 5.56 Å². The van der Waals surface area contributed by atoms with Crippen LogP contribution in [0.3, 0.4) is 0 Å². The maximum Gasteiger partial charge on any atom is 0.416 e. The fourth-order valence-electron chi connectivity index (χ4n) is 2.87. The standard InChI is InChI=1S/C19H19F3N2O3S/c1-2-28-27-23-18(25)24-11-10-16-13(12-24)4-3-5-17(16)26-15-8-6-14(7-9-15)19(20,21)22/h3-9H,2,10-12H2,1H3,(H,23,25). The summed E-state index contributed by atoms with van der Waals surface area (Å²) in [5.41, 5.74) is 3.53. The predicted molar refractivity (Wildman–Crippen MR) is 99.8 cm³/mol. The van der Waals surface area contributed by atoms with Crippen LogP contribution in [0.5, 0.6) is 11.5 Å². The summed E-state index contributed by atoms with van der Waals surface area (Å²) in [4.78, 5) is 13.8. The second kappa shape index (κ2) is 8.74.